The van der Waals surface area contributed by atoms with Crippen molar-refractivity contribution in [3.8, 4) is 11.5 Å². The molecule has 0 aliphatic heterocycles. The second-order valence-corrected chi connectivity index (χ2v) is 4.53. The molecule has 0 heterocycles. The highest BCUT2D eigenvalue weighted by Crippen LogP contribution is 2.28. The van der Waals surface area contributed by atoms with Crippen LogP contribution < -0.4 is 10.5 Å². The Balaban J connectivity index is 2.06. The number of benzene rings is 2. The summed E-state index contributed by atoms with van der Waals surface area (Å²) in [6, 6.07) is 13.8. The van der Waals surface area contributed by atoms with Gasteiger partial charge in [-0.05, 0) is 48.7 Å². The molecule has 0 aromatic heterocycles. The van der Waals surface area contributed by atoms with Gasteiger partial charge in [-0.3, -0.25) is 0 Å². The van der Waals surface area contributed by atoms with E-state index in [2.05, 4.69) is 0 Å². The fraction of sp³-hybridized carbons (Fsp3) is 0.250. The Morgan fingerprint density at radius 2 is 1.79 bits per heavy atom. The first kappa shape index (κ1) is 13.4. The summed E-state index contributed by atoms with van der Waals surface area (Å²) in [4.78, 5) is 0. The number of rotatable bonds is 5. The van der Waals surface area contributed by atoms with Gasteiger partial charge in [0.05, 0.1) is 12.3 Å². The van der Waals surface area contributed by atoms with Gasteiger partial charge in [0, 0.05) is 7.11 Å². The number of hydrogen-bond donors (Lipinski definition) is 1. The van der Waals surface area contributed by atoms with Gasteiger partial charge in [-0.25, -0.2) is 0 Å². The van der Waals surface area contributed by atoms with Crippen molar-refractivity contribution >= 4 is 5.69 Å². The van der Waals surface area contributed by atoms with Gasteiger partial charge in [-0.15, -0.1) is 0 Å². The van der Waals surface area contributed by atoms with Gasteiger partial charge in [0.15, 0.2) is 0 Å². The van der Waals surface area contributed by atoms with Crippen LogP contribution in [-0.2, 0) is 11.2 Å². The van der Waals surface area contributed by atoms with Gasteiger partial charge in [-0.1, -0.05) is 18.2 Å². The van der Waals surface area contributed by atoms with Crippen LogP contribution >= 0.6 is 0 Å². The van der Waals surface area contributed by atoms with Crippen molar-refractivity contribution in [1.29, 1.82) is 0 Å². The molecule has 2 aromatic rings. The predicted molar refractivity (Wildman–Crippen MR) is 77.7 cm³/mol. The molecule has 100 valence electrons. The smallest absolute Gasteiger partial charge is 0.150 e. The van der Waals surface area contributed by atoms with Crippen molar-refractivity contribution in [3.63, 3.8) is 0 Å². The Bertz CT molecular complexity index is 535. The van der Waals surface area contributed by atoms with Crippen molar-refractivity contribution in [2.24, 2.45) is 0 Å². The zero-order valence-corrected chi connectivity index (χ0v) is 11.3. The zero-order valence-electron chi connectivity index (χ0n) is 11.3. The van der Waals surface area contributed by atoms with Gasteiger partial charge in [0.1, 0.15) is 11.5 Å². The Labute approximate surface area is 114 Å². The lowest BCUT2D eigenvalue weighted by molar-refractivity contribution is 0.202. The second kappa shape index (κ2) is 6.25. The minimum atomic E-state index is 0.656. The van der Waals surface area contributed by atoms with Crippen LogP contribution in [-0.4, -0.2) is 13.7 Å². The van der Waals surface area contributed by atoms with Crippen LogP contribution in [0.15, 0.2) is 42.5 Å². The summed E-state index contributed by atoms with van der Waals surface area (Å²) in [5.74, 6) is 1.48. The number of aryl methyl sites for hydroxylation is 1. The SMILES string of the molecule is COCCc1ccc(Oc2ccc(C)cc2N)cc1. The second-order valence-electron chi connectivity index (χ2n) is 4.53. The maximum atomic E-state index is 5.92. The van der Waals surface area contributed by atoms with Crippen molar-refractivity contribution in [1.82, 2.24) is 0 Å². The van der Waals surface area contributed by atoms with Crippen molar-refractivity contribution in [2.45, 2.75) is 13.3 Å². The Kier molecular flexibility index (Phi) is 4.42. The van der Waals surface area contributed by atoms with Crippen LogP contribution in [0.1, 0.15) is 11.1 Å². The molecule has 0 saturated carbocycles. The maximum Gasteiger partial charge on any atom is 0.150 e. The first-order chi connectivity index (χ1) is 9.19. The Morgan fingerprint density at radius 3 is 2.42 bits per heavy atom. The van der Waals surface area contributed by atoms with E-state index in [9.17, 15) is 0 Å². The highest BCUT2D eigenvalue weighted by Gasteiger charge is 2.02. The van der Waals surface area contributed by atoms with Crippen LogP contribution in [0.4, 0.5) is 5.69 Å². The van der Waals surface area contributed by atoms with Crippen LogP contribution in [0, 0.1) is 6.92 Å². The Morgan fingerprint density at radius 1 is 1.05 bits per heavy atom. The molecule has 2 N–H and O–H groups in total. The standard InChI is InChI=1S/C16H19NO2/c1-12-3-8-16(15(17)11-12)19-14-6-4-13(5-7-14)9-10-18-2/h3-8,11H,9-10,17H2,1-2H3. The molecule has 0 fully saturated rings. The van der Waals surface area contributed by atoms with E-state index in [-0.39, 0.29) is 0 Å². The largest absolute Gasteiger partial charge is 0.455 e. The van der Waals surface area contributed by atoms with E-state index in [1.807, 2.05) is 49.4 Å². The molecule has 0 spiro atoms. The third-order valence-corrected chi connectivity index (χ3v) is 2.91. The minimum absolute atomic E-state index is 0.656. The molecule has 0 radical (unpaired) electrons. The lowest BCUT2D eigenvalue weighted by Crippen LogP contribution is -1.95. The van der Waals surface area contributed by atoms with Gasteiger partial charge in [-0.2, -0.15) is 0 Å². The minimum Gasteiger partial charge on any atom is -0.455 e. The molecule has 0 aliphatic rings. The molecular weight excluding hydrogens is 238 g/mol. The van der Waals surface area contributed by atoms with Gasteiger partial charge in [0.25, 0.3) is 0 Å². The predicted octanol–water partition coefficient (Wildman–Crippen LogP) is 3.56. The van der Waals surface area contributed by atoms with E-state index >= 15 is 0 Å². The van der Waals surface area contributed by atoms with Gasteiger partial charge >= 0.3 is 0 Å². The third-order valence-electron chi connectivity index (χ3n) is 2.91. The van der Waals surface area contributed by atoms with Crippen molar-refractivity contribution < 1.29 is 9.47 Å². The number of ether oxygens (including phenoxy) is 2. The monoisotopic (exact) mass is 257 g/mol. The molecule has 0 aliphatic carbocycles. The molecule has 3 heteroatoms. The molecule has 0 amide bonds. The molecule has 19 heavy (non-hydrogen) atoms. The molecule has 0 bridgehead atoms. The number of anilines is 1. The molecular formula is C16H19NO2. The molecule has 2 aromatic carbocycles. The summed E-state index contributed by atoms with van der Waals surface area (Å²) >= 11 is 0. The summed E-state index contributed by atoms with van der Waals surface area (Å²) in [7, 11) is 1.71. The van der Waals surface area contributed by atoms with E-state index < -0.39 is 0 Å². The number of hydrogen-bond acceptors (Lipinski definition) is 3. The average Bonchev–Trinajstić information content (AvgIpc) is 2.41. The highest BCUT2D eigenvalue weighted by atomic mass is 16.5. The molecule has 3 nitrogen and oxygen atoms in total. The number of nitrogen functional groups attached to an aromatic ring is 1. The first-order valence-electron chi connectivity index (χ1n) is 6.31. The lowest BCUT2D eigenvalue weighted by Gasteiger charge is -2.09. The summed E-state index contributed by atoms with van der Waals surface area (Å²) in [6.07, 6.45) is 0.906. The molecule has 0 atom stereocenters. The summed E-state index contributed by atoms with van der Waals surface area (Å²) < 4.78 is 10.8. The van der Waals surface area contributed by atoms with E-state index in [1.54, 1.807) is 7.11 Å². The highest BCUT2D eigenvalue weighted by molar-refractivity contribution is 5.55. The average molecular weight is 257 g/mol. The first-order valence-corrected chi connectivity index (χ1v) is 6.31. The van der Waals surface area contributed by atoms with E-state index in [4.69, 9.17) is 15.2 Å². The molecule has 2 rings (SSSR count). The van der Waals surface area contributed by atoms with Crippen molar-refractivity contribution in [2.75, 3.05) is 19.5 Å². The summed E-state index contributed by atoms with van der Waals surface area (Å²) in [5, 5.41) is 0. The van der Waals surface area contributed by atoms with Gasteiger partial charge in [0.2, 0.25) is 0 Å². The van der Waals surface area contributed by atoms with E-state index in [0.29, 0.717) is 11.4 Å². The van der Waals surface area contributed by atoms with Crippen molar-refractivity contribution in [3.05, 3.63) is 53.6 Å². The van der Waals surface area contributed by atoms with Crippen LogP contribution in [0.3, 0.4) is 0 Å². The quantitative estimate of drug-likeness (QED) is 0.833. The van der Waals surface area contributed by atoms with Crippen LogP contribution in [0.25, 0.3) is 0 Å². The normalized spacial score (nSPS) is 10.4. The topological polar surface area (TPSA) is 44.5 Å². The number of nitrogens with two attached hydrogens (primary N) is 1. The Hall–Kier alpha value is -2.00. The summed E-state index contributed by atoms with van der Waals surface area (Å²) in [6.45, 7) is 2.73. The fourth-order valence-electron chi connectivity index (χ4n) is 1.83. The zero-order chi connectivity index (χ0) is 13.7. The van der Waals surface area contributed by atoms with Gasteiger partial charge < -0.3 is 15.2 Å². The lowest BCUT2D eigenvalue weighted by atomic mass is 10.1. The van der Waals surface area contributed by atoms with Crippen LogP contribution in [0.2, 0.25) is 0 Å². The van der Waals surface area contributed by atoms with Crippen LogP contribution in [0.5, 0.6) is 11.5 Å². The third kappa shape index (κ3) is 3.73. The maximum absolute atomic E-state index is 5.92. The van der Waals surface area contributed by atoms with E-state index in [1.165, 1.54) is 5.56 Å². The summed E-state index contributed by atoms with van der Waals surface area (Å²) in [5.41, 5.74) is 8.93. The fourth-order valence-corrected chi connectivity index (χ4v) is 1.83. The molecule has 0 saturated heterocycles. The molecule has 0 unspecified atom stereocenters. The van der Waals surface area contributed by atoms with E-state index in [0.717, 1.165) is 24.3 Å². The number of methoxy groups -OCH3 is 1.